The number of rotatable bonds is 4. The van der Waals surface area contributed by atoms with Crippen LogP contribution in [0.25, 0.3) is 0 Å². The van der Waals surface area contributed by atoms with Crippen LogP contribution in [-0.4, -0.2) is 36.1 Å². The summed E-state index contributed by atoms with van der Waals surface area (Å²) in [6.07, 6.45) is -4.41. The van der Waals surface area contributed by atoms with Crippen LogP contribution >= 0.6 is 0 Å². The second-order valence-corrected chi connectivity index (χ2v) is 5.28. The quantitative estimate of drug-likeness (QED) is 0.767. The average Bonchev–Trinajstić information content (AvgIpc) is 2.54. The molecule has 0 aliphatic rings. The molecule has 0 fully saturated rings. The molecule has 25 heavy (non-hydrogen) atoms. The van der Waals surface area contributed by atoms with Gasteiger partial charge in [-0.2, -0.15) is 22.0 Å². The number of halogens is 5. The predicted molar refractivity (Wildman–Crippen MR) is 78.7 cm³/mol. The number of hydrogen-bond acceptors (Lipinski definition) is 3. The Morgan fingerprint density at radius 1 is 1.00 bits per heavy atom. The maximum absolute atomic E-state index is 13.2. The molecule has 0 aliphatic heterocycles. The Hall–Kier alpha value is -2.71. The van der Waals surface area contributed by atoms with Crippen molar-refractivity contribution < 1.29 is 31.5 Å². The Bertz CT molecular complexity index is 741. The molecule has 134 valence electrons. The van der Waals surface area contributed by atoms with Crippen molar-refractivity contribution in [3.63, 3.8) is 0 Å². The molecule has 0 spiro atoms. The summed E-state index contributed by atoms with van der Waals surface area (Å²) in [5, 5.41) is 0. The average molecular weight is 360 g/mol. The molecule has 1 amide bonds. The smallest absolute Gasteiger partial charge is 0.439 e. The molecule has 0 unspecified atom stereocenters. The molecule has 9 heteroatoms. The molecule has 0 saturated heterocycles. The molecule has 0 aliphatic carbocycles. The number of hydrogen-bond donors (Lipinski definition) is 0. The number of ether oxygens (including phenoxy) is 1. The lowest BCUT2D eigenvalue weighted by atomic mass is 10.1. The van der Waals surface area contributed by atoms with Crippen LogP contribution in [0.3, 0.4) is 0 Å². The van der Waals surface area contributed by atoms with E-state index in [-0.39, 0.29) is 17.5 Å². The van der Waals surface area contributed by atoms with E-state index in [4.69, 9.17) is 4.74 Å². The van der Waals surface area contributed by atoms with E-state index in [0.29, 0.717) is 17.7 Å². The largest absolute Gasteiger partial charge is 0.458 e. The Balaban J connectivity index is 2.13. The van der Waals surface area contributed by atoms with Crippen LogP contribution in [0, 0.1) is 0 Å². The summed E-state index contributed by atoms with van der Waals surface area (Å²) in [6.45, 7) is 0. The summed E-state index contributed by atoms with van der Waals surface area (Å²) in [6, 6.07) is 6.07. The van der Waals surface area contributed by atoms with Crippen molar-refractivity contribution in [2.24, 2.45) is 0 Å². The van der Waals surface area contributed by atoms with Crippen molar-refractivity contribution in [1.29, 1.82) is 0 Å². The fraction of sp³-hybridized carbons (Fsp3) is 0.250. The molecule has 1 aromatic heterocycles. The van der Waals surface area contributed by atoms with Gasteiger partial charge in [0.15, 0.2) is 0 Å². The van der Waals surface area contributed by atoms with E-state index in [0.717, 1.165) is 12.1 Å². The van der Waals surface area contributed by atoms with Gasteiger partial charge >= 0.3 is 12.1 Å². The van der Waals surface area contributed by atoms with Gasteiger partial charge in [-0.05, 0) is 30.3 Å². The molecule has 0 bridgehead atoms. The third-order valence-corrected chi connectivity index (χ3v) is 3.18. The van der Waals surface area contributed by atoms with E-state index in [1.165, 1.54) is 23.2 Å². The molecule has 0 atom stereocenters. The van der Waals surface area contributed by atoms with Gasteiger partial charge in [0, 0.05) is 31.9 Å². The van der Waals surface area contributed by atoms with Crippen LogP contribution in [0.5, 0.6) is 11.6 Å². The van der Waals surface area contributed by atoms with Crippen molar-refractivity contribution >= 4 is 5.91 Å². The lowest BCUT2D eigenvalue weighted by molar-refractivity contribution is -0.289. The first-order chi connectivity index (χ1) is 11.5. The van der Waals surface area contributed by atoms with Gasteiger partial charge in [-0.3, -0.25) is 4.79 Å². The number of nitrogens with zero attached hydrogens (tertiary/aromatic N) is 2. The number of aromatic nitrogens is 1. The standard InChI is InChI=1S/C16H13F5N2O2/c1-23(2)14(24)10-3-8-13(22-9-10)25-12-6-4-11(5-7-12)15(17,18)16(19,20)21/h3-9H,1-2H3. The molecule has 2 aromatic rings. The molecule has 0 radical (unpaired) electrons. The maximum atomic E-state index is 13.2. The summed E-state index contributed by atoms with van der Waals surface area (Å²) in [5.41, 5.74) is -0.871. The maximum Gasteiger partial charge on any atom is 0.458 e. The van der Waals surface area contributed by atoms with Crippen LogP contribution in [-0.2, 0) is 5.92 Å². The highest BCUT2D eigenvalue weighted by Gasteiger charge is 2.58. The van der Waals surface area contributed by atoms with Crippen LogP contribution < -0.4 is 4.74 Å². The lowest BCUT2D eigenvalue weighted by Crippen LogP contribution is -2.33. The topological polar surface area (TPSA) is 42.4 Å². The fourth-order valence-electron chi connectivity index (χ4n) is 1.84. The van der Waals surface area contributed by atoms with Gasteiger partial charge in [-0.15, -0.1) is 0 Å². The zero-order chi connectivity index (χ0) is 18.8. The van der Waals surface area contributed by atoms with Gasteiger partial charge in [0.05, 0.1) is 5.56 Å². The monoisotopic (exact) mass is 360 g/mol. The Labute approximate surface area is 139 Å². The zero-order valence-electron chi connectivity index (χ0n) is 13.1. The van der Waals surface area contributed by atoms with Crippen molar-refractivity contribution in [2.45, 2.75) is 12.1 Å². The summed E-state index contributed by atoms with van der Waals surface area (Å²) < 4.78 is 68.6. The molecular formula is C16H13F5N2O2. The molecule has 0 saturated carbocycles. The van der Waals surface area contributed by atoms with Crippen LogP contribution in [0.2, 0.25) is 0 Å². The number of pyridine rings is 1. The highest BCUT2D eigenvalue weighted by Crippen LogP contribution is 2.44. The zero-order valence-corrected chi connectivity index (χ0v) is 13.1. The van der Waals surface area contributed by atoms with Crippen LogP contribution in [0.4, 0.5) is 22.0 Å². The fourth-order valence-corrected chi connectivity index (χ4v) is 1.84. The number of carbonyl (C=O) groups excluding carboxylic acids is 1. The second-order valence-electron chi connectivity index (χ2n) is 5.28. The van der Waals surface area contributed by atoms with Crippen LogP contribution in [0.15, 0.2) is 42.6 Å². The number of amides is 1. The van der Waals surface area contributed by atoms with Crippen molar-refractivity contribution in [3.05, 3.63) is 53.7 Å². The highest BCUT2D eigenvalue weighted by molar-refractivity contribution is 5.93. The molecular weight excluding hydrogens is 347 g/mol. The van der Waals surface area contributed by atoms with Gasteiger partial charge in [0.2, 0.25) is 5.88 Å². The van der Waals surface area contributed by atoms with Gasteiger partial charge in [-0.25, -0.2) is 4.98 Å². The third kappa shape index (κ3) is 4.04. The summed E-state index contributed by atoms with van der Waals surface area (Å²) in [5.74, 6) is -5.12. The van der Waals surface area contributed by atoms with Gasteiger partial charge in [0.25, 0.3) is 5.91 Å². The molecule has 1 heterocycles. The van der Waals surface area contributed by atoms with Crippen molar-refractivity contribution in [1.82, 2.24) is 9.88 Å². The first-order valence-corrected chi connectivity index (χ1v) is 6.93. The van der Waals surface area contributed by atoms with Crippen LogP contribution in [0.1, 0.15) is 15.9 Å². The molecule has 4 nitrogen and oxygen atoms in total. The summed E-state index contributed by atoms with van der Waals surface area (Å²) in [7, 11) is 3.15. The Morgan fingerprint density at radius 3 is 2.04 bits per heavy atom. The minimum absolute atomic E-state index is 0.0286. The van der Waals surface area contributed by atoms with Crippen molar-refractivity contribution in [3.8, 4) is 11.6 Å². The normalized spacial score (nSPS) is 12.0. The van der Waals surface area contributed by atoms with Gasteiger partial charge in [-0.1, -0.05) is 0 Å². The second kappa shape index (κ2) is 6.66. The van der Waals surface area contributed by atoms with Gasteiger partial charge < -0.3 is 9.64 Å². The van der Waals surface area contributed by atoms with E-state index in [1.807, 2.05) is 0 Å². The third-order valence-electron chi connectivity index (χ3n) is 3.18. The van der Waals surface area contributed by atoms with E-state index in [2.05, 4.69) is 4.98 Å². The minimum Gasteiger partial charge on any atom is -0.439 e. The first-order valence-electron chi connectivity index (χ1n) is 6.93. The van der Waals surface area contributed by atoms with E-state index in [9.17, 15) is 26.7 Å². The van der Waals surface area contributed by atoms with E-state index in [1.54, 1.807) is 14.1 Å². The van der Waals surface area contributed by atoms with E-state index < -0.39 is 17.7 Å². The minimum atomic E-state index is -5.67. The summed E-state index contributed by atoms with van der Waals surface area (Å²) >= 11 is 0. The Kier molecular flexibility index (Phi) is 4.96. The number of benzene rings is 1. The van der Waals surface area contributed by atoms with Gasteiger partial charge in [0.1, 0.15) is 5.75 Å². The van der Waals surface area contributed by atoms with E-state index >= 15 is 0 Å². The van der Waals surface area contributed by atoms with Crippen molar-refractivity contribution in [2.75, 3.05) is 14.1 Å². The number of alkyl halides is 5. The molecule has 2 rings (SSSR count). The molecule has 0 N–H and O–H groups in total. The SMILES string of the molecule is CN(C)C(=O)c1ccc(Oc2ccc(C(F)(F)C(F)(F)F)cc2)nc1. The first kappa shape index (κ1) is 18.6. The Morgan fingerprint density at radius 2 is 1.60 bits per heavy atom. The lowest BCUT2D eigenvalue weighted by Gasteiger charge is -2.19. The summed E-state index contributed by atoms with van der Waals surface area (Å²) in [4.78, 5) is 17.0. The molecule has 1 aromatic carbocycles. The number of carbonyl (C=O) groups is 1. The highest BCUT2D eigenvalue weighted by atomic mass is 19.4. The predicted octanol–water partition coefficient (Wildman–Crippen LogP) is 4.23.